The second kappa shape index (κ2) is 11.7. The zero-order valence-electron chi connectivity index (χ0n) is 20.9. The van der Waals surface area contributed by atoms with Gasteiger partial charge in [-0.25, -0.2) is 18.1 Å². The topological polar surface area (TPSA) is 127 Å². The fourth-order valence-corrected chi connectivity index (χ4v) is 5.67. The number of rotatable bonds is 10. The number of nitrogens with one attached hydrogen (secondary N) is 2. The standard InChI is InChI=1S/C26H31N5O5S/c1-3-19-17-27-15-16-30(19)23-14-13-21(20-9-5-7-11-25(20)36-4-2)29-22(23)18-28-37(34,35)26-12-8-6-10-24(26)31(32)33/h5-14,19,27-28H,3-4,15-18H2,1-2H3/t19-/m1/s1. The molecule has 0 saturated carbocycles. The number of para-hydroxylation sites is 2. The van der Waals surface area contributed by atoms with E-state index in [0.717, 1.165) is 37.3 Å². The van der Waals surface area contributed by atoms with E-state index in [1.54, 1.807) is 0 Å². The highest BCUT2D eigenvalue weighted by molar-refractivity contribution is 7.89. The minimum Gasteiger partial charge on any atom is -0.493 e. The van der Waals surface area contributed by atoms with E-state index < -0.39 is 20.6 Å². The van der Waals surface area contributed by atoms with Gasteiger partial charge in [0.1, 0.15) is 5.75 Å². The second-order valence-electron chi connectivity index (χ2n) is 8.60. The lowest BCUT2D eigenvalue weighted by molar-refractivity contribution is -0.387. The number of pyridine rings is 1. The van der Waals surface area contributed by atoms with Crippen LogP contribution >= 0.6 is 0 Å². The zero-order valence-corrected chi connectivity index (χ0v) is 21.7. The van der Waals surface area contributed by atoms with Gasteiger partial charge < -0.3 is 15.0 Å². The minimum absolute atomic E-state index is 0.130. The molecule has 1 aliphatic heterocycles. The summed E-state index contributed by atoms with van der Waals surface area (Å²) in [5, 5.41) is 14.8. The molecule has 10 nitrogen and oxygen atoms in total. The lowest BCUT2D eigenvalue weighted by Gasteiger charge is -2.38. The van der Waals surface area contributed by atoms with Gasteiger partial charge in [0.05, 0.1) is 35.2 Å². The van der Waals surface area contributed by atoms with Crippen LogP contribution in [0.15, 0.2) is 65.6 Å². The monoisotopic (exact) mass is 525 g/mol. The first-order valence-electron chi connectivity index (χ1n) is 12.3. The van der Waals surface area contributed by atoms with Gasteiger partial charge in [0, 0.05) is 37.3 Å². The van der Waals surface area contributed by atoms with Crippen LogP contribution in [0.5, 0.6) is 5.75 Å². The molecule has 2 heterocycles. The Balaban J connectivity index is 1.74. The molecule has 0 aliphatic carbocycles. The van der Waals surface area contributed by atoms with Crippen molar-refractivity contribution in [3.05, 3.63) is 76.5 Å². The van der Waals surface area contributed by atoms with E-state index in [0.29, 0.717) is 23.7 Å². The van der Waals surface area contributed by atoms with Gasteiger partial charge in [-0.1, -0.05) is 31.2 Å². The molecule has 1 aliphatic rings. The third kappa shape index (κ3) is 5.90. The van der Waals surface area contributed by atoms with Gasteiger partial charge in [0.2, 0.25) is 10.0 Å². The second-order valence-corrected chi connectivity index (χ2v) is 10.3. The highest BCUT2D eigenvalue weighted by atomic mass is 32.2. The van der Waals surface area contributed by atoms with E-state index in [2.05, 4.69) is 21.9 Å². The van der Waals surface area contributed by atoms with Crippen molar-refractivity contribution < 1.29 is 18.1 Å². The summed E-state index contributed by atoms with van der Waals surface area (Å²) in [7, 11) is -4.18. The van der Waals surface area contributed by atoms with Crippen LogP contribution in [0, 0.1) is 10.1 Å². The van der Waals surface area contributed by atoms with Crippen molar-refractivity contribution in [2.75, 3.05) is 31.1 Å². The number of piperazine rings is 1. The maximum absolute atomic E-state index is 13.1. The average molecular weight is 526 g/mol. The van der Waals surface area contributed by atoms with Crippen LogP contribution in [-0.4, -0.2) is 50.6 Å². The first kappa shape index (κ1) is 26.5. The molecule has 0 radical (unpaired) electrons. The number of hydrogen-bond donors (Lipinski definition) is 2. The third-order valence-corrected chi connectivity index (χ3v) is 7.77. The molecule has 0 bridgehead atoms. The molecule has 37 heavy (non-hydrogen) atoms. The lowest BCUT2D eigenvalue weighted by Crippen LogP contribution is -2.51. The van der Waals surface area contributed by atoms with Gasteiger partial charge in [0.15, 0.2) is 4.90 Å². The molecule has 0 amide bonds. The summed E-state index contributed by atoms with van der Waals surface area (Å²) in [6, 6.07) is 17.0. The number of nitrogens with zero attached hydrogens (tertiary/aromatic N) is 3. The van der Waals surface area contributed by atoms with Crippen LogP contribution in [0.3, 0.4) is 0 Å². The number of ether oxygens (including phenoxy) is 1. The number of hydrogen-bond acceptors (Lipinski definition) is 8. The van der Waals surface area contributed by atoms with E-state index in [1.165, 1.54) is 24.3 Å². The number of aromatic nitrogens is 1. The van der Waals surface area contributed by atoms with E-state index in [9.17, 15) is 18.5 Å². The SMILES string of the molecule is CCOc1ccccc1-c1ccc(N2CCNC[C@H]2CC)c(CNS(=O)(=O)c2ccccc2[N+](=O)[O-])n1. The predicted molar refractivity (Wildman–Crippen MR) is 142 cm³/mol. The Morgan fingerprint density at radius 1 is 1.14 bits per heavy atom. The van der Waals surface area contributed by atoms with Gasteiger partial charge in [-0.2, -0.15) is 0 Å². The molecule has 196 valence electrons. The molecule has 0 unspecified atom stereocenters. The Hall–Kier alpha value is -3.54. The van der Waals surface area contributed by atoms with Crippen LogP contribution < -0.4 is 19.7 Å². The van der Waals surface area contributed by atoms with Crippen LogP contribution in [-0.2, 0) is 16.6 Å². The van der Waals surface area contributed by atoms with Crippen molar-refractivity contribution in [2.24, 2.45) is 0 Å². The van der Waals surface area contributed by atoms with Crippen molar-refractivity contribution in [3.63, 3.8) is 0 Å². The third-order valence-electron chi connectivity index (χ3n) is 6.33. The molecule has 1 aromatic heterocycles. The van der Waals surface area contributed by atoms with E-state index >= 15 is 0 Å². The highest BCUT2D eigenvalue weighted by Crippen LogP contribution is 2.32. The fraction of sp³-hybridized carbons (Fsp3) is 0.346. The van der Waals surface area contributed by atoms with Crippen LogP contribution in [0.25, 0.3) is 11.3 Å². The van der Waals surface area contributed by atoms with Crippen molar-refractivity contribution in [1.29, 1.82) is 0 Å². The number of benzene rings is 2. The molecule has 2 aromatic carbocycles. The van der Waals surface area contributed by atoms with E-state index in [4.69, 9.17) is 9.72 Å². The van der Waals surface area contributed by atoms with Crippen molar-refractivity contribution >= 4 is 21.4 Å². The zero-order chi connectivity index (χ0) is 26.4. The van der Waals surface area contributed by atoms with Gasteiger partial charge in [-0.05, 0) is 43.7 Å². The molecule has 1 fully saturated rings. The molecule has 4 rings (SSSR count). The summed E-state index contributed by atoms with van der Waals surface area (Å²) in [6.07, 6.45) is 0.906. The van der Waals surface area contributed by atoms with Crippen molar-refractivity contribution in [1.82, 2.24) is 15.0 Å². The Labute approximate surface area is 216 Å². The first-order chi connectivity index (χ1) is 17.9. The van der Waals surface area contributed by atoms with Gasteiger partial charge >= 0.3 is 0 Å². The normalized spacial score (nSPS) is 15.9. The maximum Gasteiger partial charge on any atom is 0.289 e. The molecule has 0 spiro atoms. The molecular formula is C26H31N5O5S. The van der Waals surface area contributed by atoms with Crippen LogP contribution in [0.1, 0.15) is 26.0 Å². The van der Waals surface area contributed by atoms with Gasteiger partial charge in [0.25, 0.3) is 5.69 Å². The average Bonchev–Trinajstić information content (AvgIpc) is 2.92. The Morgan fingerprint density at radius 3 is 2.65 bits per heavy atom. The van der Waals surface area contributed by atoms with Gasteiger partial charge in [-0.3, -0.25) is 10.1 Å². The summed E-state index contributed by atoms with van der Waals surface area (Å²) < 4.78 is 34.6. The fourth-order valence-electron chi connectivity index (χ4n) is 4.51. The molecule has 3 aromatic rings. The molecule has 1 atom stereocenters. The molecular weight excluding hydrogens is 494 g/mol. The first-order valence-corrected chi connectivity index (χ1v) is 13.8. The maximum atomic E-state index is 13.1. The van der Waals surface area contributed by atoms with Gasteiger partial charge in [-0.15, -0.1) is 0 Å². The lowest BCUT2D eigenvalue weighted by atomic mass is 10.1. The quantitative estimate of drug-likeness (QED) is 0.303. The van der Waals surface area contributed by atoms with Crippen molar-refractivity contribution in [2.45, 2.75) is 37.8 Å². The number of nitro benzene ring substituents is 1. The Kier molecular flexibility index (Phi) is 8.37. The molecule has 2 N–H and O–H groups in total. The van der Waals surface area contributed by atoms with Crippen molar-refractivity contribution in [3.8, 4) is 17.0 Å². The largest absolute Gasteiger partial charge is 0.493 e. The van der Waals surface area contributed by atoms with E-state index in [-0.39, 0.29) is 17.5 Å². The minimum atomic E-state index is -4.18. The summed E-state index contributed by atoms with van der Waals surface area (Å²) >= 11 is 0. The Morgan fingerprint density at radius 2 is 1.89 bits per heavy atom. The smallest absolute Gasteiger partial charge is 0.289 e. The number of nitro groups is 1. The Bertz CT molecular complexity index is 1360. The molecule has 11 heteroatoms. The van der Waals surface area contributed by atoms with Crippen LogP contribution in [0.4, 0.5) is 11.4 Å². The highest BCUT2D eigenvalue weighted by Gasteiger charge is 2.28. The summed E-state index contributed by atoms with van der Waals surface area (Å²) in [5.41, 5.74) is 2.33. The number of anilines is 1. The predicted octanol–water partition coefficient (Wildman–Crippen LogP) is 3.72. The summed E-state index contributed by atoms with van der Waals surface area (Å²) in [4.78, 5) is 17.5. The number of sulfonamides is 1. The molecule has 1 saturated heterocycles. The summed E-state index contributed by atoms with van der Waals surface area (Å²) in [5.74, 6) is 0.685. The summed E-state index contributed by atoms with van der Waals surface area (Å²) in [6.45, 7) is 6.75. The van der Waals surface area contributed by atoms with Crippen LogP contribution in [0.2, 0.25) is 0 Å². The van der Waals surface area contributed by atoms with E-state index in [1.807, 2.05) is 43.3 Å².